The van der Waals surface area contributed by atoms with Crippen LogP contribution in [-0.4, -0.2) is 32.6 Å². The molecule has 4 aromatic rings. The lowest BCUT2D eigenvalue weighted by molar-refractivity contribution is 0.102. The van der Waals surface area contributed by atoms with E-state index in [9.17, 15) is 9.59 Å². The van der Waals surface area contributed by atoms with Crippen LogP contribution in [0.4, 0.5) is 5.13 Å². The number of benzene rings is 1. The molecule has 0 aliphatic carbocycles. The molecule has 3 aromatic heterocycles. The van der Waals surface area contributed by atoms with E-state index < -0.39 is 0 Å². The van der Waals surface area contributed by atoms with Gasteiger partial charge in [0.2, 0.25) is 5.13 Å². The van der Waals surface area contributed by atoms with E-state index in [0.29, 0.717) is 37.9 Å². The molecule has 4 rings (SSSR count). The van der Waals surface area contributed by atoms with Crippen LogP contribution in [0.2, 0.25) is 0 Å². The molecule has 0 atom stereocenters. The van der Waals surface area contributed by atoms with Gasteiger partial charge >= 0.3 is 0 Å². The van der Waals surface area contributed by atoms with Gasteiger partial charge in [0.25, 0.3) is 11.5 Å². The first-order valence-electron chi connectivity index (χ1n) is 8.93. The summed E-state index contributed by atoms with van der Waals surface area (Å²) in [6.07, 6.45) is 1.71. The Morgan fingerprint density at radius 3 is 2.80 bits per heavy atom. The zero-order chi connectivity index (χ0) is 21.1. The normalized spacial score (nSPS) is 10.9. The summed E-state index contributed by atoms with van der Waals surface area (Å²) in [5.41, 5.74) is 2.62. The van der Waals surface area contributed by atoms with Gasteiger partial charge < -0.3 is 4.74 Å². The van der Waals surface area contributed by atoms with Crippen LogP contribution in [0.15, 0.2) is 57.8 Å². The molecule has 1 N–H and O–H groups in total. The highest BCUT2D eigenvalue weighted by atomic mass is 32.2. The van der Waals surface area contributed by atoms with Crippen LogP contribution in [0.3, 0.4) is 0 Å². The quantitative estimate of drug-likeness (QED) is 0.363. The average molecular weight is 440 g/mol. The van der Waals surface area contributed by atoms with Crippen LogP contribution in [-0.2, 0) is 5.75 Å². The van der Waals surface area contributed by atoms with Crippen LogP contribution in [0.5, 0.6) is 5.75 Å². The Balaban J connectivity index is 1.42. The smallest absolute Gasteiger partial charge is 0.258 e. The van der Waals surface area contributed by atoms with Gasteiger partial charge in [-0.2, -0.15) is 0 Å². The zero-order valence-corrected chi connectivity index (χ0v) is 17.8. The van der Waals surface area contributed by atoms with E-state index in [1.165, 1.54) is 33.6 Å². The maximum absolute atomic E-state index is 12.3. The van der Waals surface area contributed by atoms with E-state index in [4.69, 9.17) is 4.74 Å². The van der Waals surface area contributed by atoms with Gasteiger partial charge in [0.15, 0.2) is 4.34 Å². The van der Waals surface area contributed by atoms with Crippen LogP contribution < -0.4 is 15.6 Å². The Kier molecular flexibility index (Phi) is 5.77. The van der Waals surface area contributed by atoms with Gasteiger partial charge in [-0.3, -0.25) is 19.3 Å². The molecule has 0 radical (unpaired) electrons. The molecule has 0 saturated carbocycles. The summed E-state index contributed by atoms with van der Waals surface area (Å²) in [6, 6.07) is 12.1. The van der Waals surface area contributed by atoms with Crippen LogP contribution in [0.1, 0.15) is 21.6 Å². The number of carbonyl (C=O) groups excluding carboxylic acids is 1. The van der Waals surface area contributed by atoms with E-state index in [1.807, 2.05) is 19.1 Å². The third kappa shape index (κ3) is 4.34. The minimum atomic E-state index is -0.273. The van der Waals surface area contributed by atoms with Crippen LogP contribution >= 0.6 is 23.1 Å². The second kappa shape index (κ2) is 8.64. The van der Waals surface area contributed by atoms with Crippen molar-refractivity contribution >= 4 is 39.8 Å². The Morgan fingerprint density at radius 2 is 2.03 bits per heavy atom. The molecule has 10 heteroatoms. The summed E-state index contributed by atoms with van der Waals surface area (Å²) in [5.74, 6) is 0.879. The minimum Gasteiger partial charge on any atom is -0.497 e. The first kappa shape index (κ1) is 20.0. The third-order valence-electron chi connectivity index (χ3n) is 4.26. The molecular formula is C20H17N5O3S2. The van der Waals surface area contributed by atoms with E-state index in [0.717, 1.165) is 5.56 Å². The van der Waals surface area contributed by atoms with Crippen molar-refractivity contribution < 1.29 is 9.53 Å². The van der Waals surface area contributed by atoms with Crippen molar-refractivity contribution in [1.29, 1.82) is 0 Å². The number of aromatic nitrogens is 4. The minimum absolute atomic E-state index is 0.121. The third-order valence-corrected chi connectivity index (χ3v) is 6.27. The number of fused-ring (bicyclic) bond motifs is 1. The summed E-state index contributed by atoms with van der Waals surface area (Å²) in [4.78, 5) is 29.2. The summed E-state index contributed by atoms with van der Waals surface area (Å²) in [7, 11) is 1.57. The fourth-order valence-corrected chi connectivity index (χ4v) is 4.39. The number of ether oxygens (including phenoxy) is 1. The second-order valence-electron chi connectivity index (χ2n) is 6.31. The molecule has 1 amide bonds. The van der Waals surface area contributed by atoms with Crippen molar-refractivity contribution in [2.24, 2.45) is 0 Å². The molecule has 0 aliphatic rings. The molecule has 30 heavy (non-hydrogen) atoms. The summed E-state index contributed by atoms with van der Waals surface area (Å²) < 4.78 is 7.29. The van der Waals surface area contributed by atoms with Crippen molar-refractivity contribution in [1.82, 2.24) is 19.6 Å². The Labute approximate surface area is 180 Å². The van der Waals surface area contributed by atoms with Crippen molar-refractivity contribution in [3.05, 3.63) is 75.8 Å². The Morgan fingerprint density at radius 1 is 1.23 bits per heavy atom. The standard InChI is InChI=1S/C20H17N5O3S2/c1-12-4-3-9-25-16(26)10-14(21-17(12)25)11-29-20-24-23-19(30-20)22-18(27)13-5-7-15(28-2)8-6-13/h3-10H,11H2,1-2H3,(H,22,23,27). The maximum Gasteiger partial charge on any atom is 0.258 e. The van der Waals surface area contributed by atoms with Gasteiger partial charge in [-0.25, -0.2) is 4.98 Å². The molecule has 0 aliphatic heterocycles. The molecular weight excluding hydrogens is 422 g/mol. The number of aryl methyl sites for hydroxylation is 1. The Bertz CT molecular complexity index is 1270. The number of nitrogens with one attached hydrogen (secondary N) is 1. The topological polar surface area (TPSA) is 98.5 Å². The van der Waals surface area contributed by atoms with Gasteiger partial charge in [0.05, 0.1) is 12.8 Å². The first-order chi connectivity index (χ1) is 14.5. The lowest BCUT2D eigenvalue weighted by Gasteiger charge is -2.05. The molecule has 3 heterocycles. The number of carbonyl (C=O) groups is 1. The Hall–Kier alpha value is -3.24. The number of hydrogen-bond acceptors (Lipinski definition) is 8. The predicted octanol–water partition coefficient (Wildman–Crippen LogP) is 3.41. The van der Waals surface area contributed by atoms with Crippen LogP contribution in [0, 0.1) is 6.92 Å². The number of rotatable bonds is 6. The highest BCUT2D eigenvalue weighted by Gasteiger charge is 2.12. The van der Waals surface area contributed by atoms with E-state index in [2.05, 4.69) is 20.5 Å². The lowest BCUT2D eigenvalue weighted by atomic mass is 10.2. The van der Waals surface area contributed by atoms with Gasteiger partial charge in [0.1, 0.15) is 11.4 Å². The van der Waals surface area contributed by atoms with Gasteiger partial charge in [-0.05, 0) is 42.8 Å². The largest absolute Gasteiger partial charge is 0.497 e. The highest BCUT2D eigenvalue weighted by molar-refractivity contribution is 8.00. The number of hydrogen-bond donors (Lipinski definition) is 1. The lowest BCUT2D eigenvalue weighted by Crippen LogP contribution is -2.15. The molecule has 0 saturated heterocycles. The monoisotopic (exact) mass is 439 g/mol. The van der Waals surface area contributed by atoms with Gasteiger partial charge in [-0.15, -0.1) is 10.2 Å². The molecule has 1 aromatic carbocycles. The summed E-state index contributed by atoms with van der Waals surface area (Å²) >= 11 is 2.68. The van der Waals surface area contributed by atoms with Crippen LogP contribution in [0.25, 0.3) is 5.65 Å². The number of methoxy groups -OCH3 is 1. The fraction of sp³-hybridized carbons (Fsp3) is 0.150. The van der Waals surface area contributed by atoms with Crippen molar-refractivity contribution in [2.45, 2.75) is 17.0 Å². The molecule has 0 fully saturated rings. The number of anilines is 1. The fourth-order valence-electron chi connectivity index (χ4n) is 2.75. The van der Waals surface area contributed by atoms with E-state index in [1.54, 1.807) is 37.6 Å². The molecule has 0 unspecified atom stereocenters. The van der Waals surface area contributed by atoms with Crippen molar-refractivity contribution in [3.8, 4) is 5.75 Å². The highest BCUT2D eigenvalue weighted by Crippen LogP contribution is 2.28. The first-order valence-corrected chi connectivity index (χ1v) is 10.7. The van der Waals surface area contributed by atoms with Crippen molar-refractivity contribution in [2.75, 3.05) is 12.4 Å². The molecule has 152 valence electrons. The summed E-state index contributed by atoms with van der Waals surface area (Å²) in [5, 5.41) is 11.2. The molecule has 0 spiro atoms. The average Bonchev–Trinajstić information content (AvgIpc) is 3.20. The summed E-state index contributed by atoms with van der Waals surface area (Å²) in [6.45, 7) is 1.92. The maximum atomic E-state index is 12.3. The number of nitrogens with zero attached hydrogens (tertiary/aromatic N) is 4. The van der Waals surface area contributed by atoms with Gasteiger partial charge in [0, 0.05) is 23.6 Å². The molecule has 0 bridgehead atoms. The van der Waals surface area contributed by atoms with E-state index in [-0.39, 0.29) is 11.5 Å². The molecule has 8 nitrogen and oxygen atoms in total. The number of amides is 1. The SMILES string of the molecule is COc1ccc(C(=O)Nc2nnc(SCc3cc(=O)n4cccc(C)c4n3)s2)cc1. The van der Waals surface area contributed by atoms with Crippen molar-refractivity contribution in [3.63, 3.8) is 0 Å². The second-order valence-corrected chi connectivity index (χ2v) is 8.51. The predicted molar refractivity (Wildman–Crippen MR) is 117 cm³/mol. The van der Waals surface area contributed by atoms with Gasteiger partial charge in [-0.1, -0.05) is 29.2 Å². The number of thioether (sulfide) groups is 1. The zero-order valence-electron chi connectivity index (χ0n) is 16.2. The van der Waals surface area contributed by atoms with E-state index >= 15 is 0 Å². The number of pyridine rings is 1.